The molecule has 0 bridgehead atoms. The van der Waals surface area contributed by atoms with Crippen LogP contribution in [-0.2, 0) is 16.8 Å². The van der Waals surface area contributed by atoms with E-state index in [2.05, 4.69) is 30.3 Å². The van der Waals surface area contributed by atoms with E-state index < -0.39 is 0 Å². The molecule has 2 unspecified atom stereocenters. The fourth-order valence-corrected chi connectivity index (χ4v) is 2.96. The van der Waals surface area contributed by atoms with Gasteiger partial charge in [0.25, 0.3) is 0 Å². The second kappa shape index (κ2) is 8.50. The molecule has 2 atom stereocenters. The Kier molecular flexibility index (Phi) is 6.38. The molecule has 3 rings (SSSR count). The molecule has 0 radical (unpaired) electrons. The number of ether oxygens (including phenoxy) is 1. The Bertz CT molecular complexity index is 617. The van der Waals surface area contributed by atoms with Crippen LogP contribution < -0.4 is 0 Å². The molecule has 1 saturated carbocycles. The summed E-state index contributed by atoms with van der Waals surface area (Å²) in [7, 11) is 0. The Morgan fingerprint density at radius 3 is 2.26 bits per heavy atom. The average molecular weight is 307 g/mol. The minimum Gasteiger partial charge on any atom is -0.377 e. The molecule has 0 aliphatic heterocycles. The van der Waals surface area contributed by atoms with Crippen LogP contribution in [-0.4, -0.2) is 6.61 Å². The molecular formula is C21H25NO. The Morgan fingerprint density at radius 2 is 1.65 bits per heavy atom. The van der Waals surface area contributed by atoms with Crippen molar-refractivity contribution in [2.24, 2.45) is 5.92 Å². The molecule has 2 aromatic carbocycles. The van der Waals surface area contributed by atoms with Gasteiger partial charge < -0.3 is 4.74 Å². The minimum absolute atomic E-state index is 0.267. The maximum Gasteiger partial charge on any atom is 0.0855 e. The standard InChI is InChI=1S/C19H19NO.C2H6/c20-15-19(17-9-5-2-6-10-17)13-18(19)11-12-21-14-16-7-3-1-4-8-16;1-2/h1-10,18H,11-14H2;1-2H3. The maximum absolute atomic E-state index is 9.52. The van der Waals surface area contributed by atoms with Gasteiger partial charge in [0.2, 0.25) is 0 Å². The lowest BCUT2D eigenvalue weighted by atomic mass is 9.94. The summed E-state index contributed by atoms with van der Waals surface area (Å²) in [5.41, 5.74) is 2.08. The molecule has 1 fully saturated rings. The summed E-state index contributed by atoms with van der Waals surface area (Å²) in [4.78, 5) is 0. The van der Waals surface area contributed by atoms with Crippen LogP contribution in [0.5, 0.6) is 0 Å². The van der Waals surface area contributed by atoms with E-state index >= 15 is 0 Å². The van der Waals surface area contributed by atoms with Crippen LogP contribution >= 0.6 is 0 Å². The van der Waals surface area contributed by atoms with Gasteiger partial charge in [-0.25, -0.2) is 0 Å². The van der Waals surface area contributed by atoms with Crippen molar-refractivity contribution in [3.8, 4) is 6.07 Å². The summed E-state index contributed by atoms with van der Waals surface area (Å²) in [5, 5.41) is 9.52. The van der Waals surface area contributed by atoms with Crippen LogP contribution in [0, 0.1) is 17.2 Å². The second-order valence-electron chi connectivity index (χ2n) is 5.68. The molecule has 120 valence electrons. The maximum atomic E-state index is 9.52. The molecule has 1 aliphatic rings. The predicted molar refractivity (Wildman–Crippen MR) is 93.9 cm³/mol. The molecule has 2 heteroatoms. The second-order valence-corrected chi connectivity index (χ2v) is 5.68. The van der Waals surface area contributed by atoms with E-state index in [0.717, 1.165) is 25.0 Å². The molecule has 0 spiro atoms. The number of rotatable bonds is 6. The van der Waals surface area contributed by atoms with Crippen LogP contribution in [0.2, 0.25) is 0 Å². The lowest BCUT2D eigenvalue weighted by Crippen LogP contribution is -2.08. The van der Waals surface area contributed by atoms with E-state index in [-0.39, 0.29) is 5.41 Å². The van der Waals surface area contributed by atoms with Crippen molar-refractivity contribution in [1.29, 1.82) is 5.26 Å². The Balaban J connectivity index is 0.000000924. The highest BCUT2D eigenvalue weighted by Crippen LogP contribution is 2.55. The zero-order valence-corrected chi connectivity index (χ0v) is 14.0. The highest BCUT2D eigenvalue weighted by molar-refractivity contribution is 5.41. The monoisotopic (exact) mass is 307 g/mol. The van der Waals surface area contributed by atoms with Gasteiger partial charge in [-0.3, -0.25) is 0 Å². The van der Waals surface area contributed by atoms with Crippen molar-refractivity contribution in [2.45, 2.75) is 38.7 Å². The van der Waals surface area contributed by atoms with E-state index in [1.165, 1.54) is 5.56 Å². The van der Waals surface area contributed by atoms with Crippen molar-refractivity contribution in [3.63, 3.8) is 0 Å². The van der Waals surface area contributed by atoms with Gasteiger partial charge in [0.05, 0.1) is 18.1 Å². The topological polar surface area (TPSA) is 33.0 Å². The zero-order valence-electron chi connectivity index (χ0n) is 14.0. The molecular weight excluding hydrogens is 282 g/mol. The molecule has 1 aliphatic carbocycles. The normalized spacial score (nSPS) is 21.7. The highest BCUT2D eigenvalue weighted by Gasteiger charge is 2.55. The third-order valence-corrected chi connectivity index (χ3v) is 4.32. The molecule has 0 aromatic heterocycles. The predicted octanol–water partition coefficient (Wildman–Crippen LogP) is 5.10. The van der Waals surface area contributed by atoms with Gasteiger partial charge in [0.15, 0.2) is 0 Å². The molecule has 2 nitrogen and oxygen atoms in total. The van der Waals surface area contributed by atoms with Crippen LogP contribution in [0.4, 0.5) is 0 Å². The smallest absolute Gasteiger partial charge is 0.0855 e. The number of benzene rings is 2. The molecule has 0 N–H and O–H groups in total. The van der Waals surface area contributed by atoms with Crippen molar-refractivity contribution >= 4 is 0 Å². The lowest BCUT2D eigenvalue weighted by molar-refractivity contribution is 0.114. The molecule has 23 heavy (non-hydrogen) atoms. The third kappa shape index (κ3) is 4.21. The Hall–Kier alpha value is -2.11. The SMILES string of the molecule is CC.N#CC1(c2ccccc2)CC1CCOCc1ccccc1. The van der Waals surface area contributed by atoms with Crippen molar-refractivity contribution < 1.29 is 4.74 Å². The third-order valence-electron chi connectivity index (χ3n) is 4.32. The number of hydrogen-bond donors (Lipinski definition) is 0. The van der Waals surface area contributed by atoms with Crippen LogP contribution in [0.15, 0.2) is 60.7 Å². The van der Waals surface area contributed by atoms with Gasteiger partial charge in [-0.1, -0.05) is 74.5 Å². The Morgan fingerprint density at radius 1 is 1.04 bits per heavy atom. The van der Waals surface area contributed by atoms with Gasteiger partial charge in [-0.2, -0.15) is 5.26 Å². The highest BCUT2D eigenvalue weighted by atomic mass is 16.5. The largest absolute Gasteiger partial charge is 0.377 e. The van der Waals surface area contributed by atoms with Gasteiger partial charge in [0, 0.05) is 6.61 Å². The van der Waals surface area contributed by atoms with Gasteiger partial charge >= 0.3 is 0 Å². The summed E-state index contributed by atoms with van der Waals surface area (Å²) in [6.07, 6.45) is 1.91. The van der Waals surface area contributed by atoms with E-state index in [4.69, 9.17) is 4.74 Å². The minimum atomic E-state index is -0.267. The fourth-order valence-electron chi connectivity index (χ4n) is 2.96. The number of nitriles is 1. The average Bonchev–Trinajstić information content (AvgIpc) is 3.37. The molecule has 0 saturated heterocycles. The number of nitrogens with zero attached hydrogens (tertiary/aromatic N) is 1. The molecule has 0 amide bonds. The first-order chi connectivity index (χ1) is 11.3. The molecule has 0 heterocycles. The summed E-state index contributed by atoms with van der Waals surface area (Å²) in [6, 6.07) is 22.9. The van der Waals surface area contributed by atoms with E-state index in [1.807, 2.05) is 50.2 Å². The van der Waals surface area contributed by atoms with Gasteiger partial charge in [0.1, 0.15) is 0 Å². The van der Waals surface area contributed by atoms with E-state index in [0.29, 0.717) is 12.5 Å². The first-order valence-corrected chi connectivity index (χ1v) is 8.43. The first kappa shape index (κ1) is 17.2. The zero-order chi connectivity index (χ0) is 16.5. The quantitative estimate of drug-likeness (QED) is 0.695. The summed E-state index contributed by atoms with van der Waals surface area (Å²) >= 11 is 0. The van der Waals surface area contributed by atoms with Gasteiger partial charge in [-0.05, 0) is 29.9 Å². The fraction of sp³-hybridized carbons (Fsp3) is 0.381. The number of hydrogen-bond acceptors (Lipinski definition) is 2. The summed E-state index contributed by atoms with van der Waals surface area (Å²) in [6.45, 7) is 5.37. The van der Waals surface area contributed by atoms with Crippen LogP contribution in [0.1, 0.15) is 37.8 Å². The lowest BCUT2D eigenvalue weighted by Gasteiger charge is -2.09. The van der Waals surface area contributed by atoms with Gasteiger partial charge in [-0.15, -0.1) is 0 Å². The van der Waals surface area contributed by atoms with E-state index in [9.17, 15) is 5.26 Å². The molecule has 2 aromatic rings. The van der Waals surface area contributed by atoms with Crippen LogP contribution in [0.25, 0.3) is 0 Å². The van der Waals surface area contributed by atoms with Crippen molar-refractivity contribution in [2.75, 3.05) is 6.61 Å². The first-order valence-electron chi connectivity index (χ1n) is 8.43. The summed E-state index contributed by atoms with van der Waals surface area (Å²) < 4.78 is 5.73. The van der Waals surface area contributed by atoms with Crippen molar-refractivity contribution in [3.05, 3.63) is 71.8 Å². The van der Waals surface area contributed by atoms with E-state index in [1.54, 1.807) is 0 Å². The Labute approximate surface area is 139 Å². The summed E-state index contributed by atoms with van der Waals surface area (Å²) in [5.74, 6) is 0.431. The van der Waals surface area contributed by atoms with Crippen LogP contribution in [0.3, 0.4) is 0 Å². The van der Waals surface area contributed by atoms with Crippen molar-refractivity contribution in [1.82, 2.24) is 0 Å².